The average molecular weight is 475 g/mol. The molecule has 0 aliphatic carbocycles. The molecule has 8 nitrogen and oxygen atoms in total. The smallest absolute Gasteiger partial charge is 0.243 e. The van der Waals surface area contributed by atoms with Crippen LogP contribution in [0.3, 0.4) is 0 Å². The molecule has 1 atom stereocenters. The van der Waals surface area contributed by atoms with E-state index in [1.807, 2.05) is 38.1 Å². The number of nitrogens with zero attached hydrogens (tertiary/aromatic N) is 1. The fraction of sp³-hybridized carbons (Fsp3) is 0.615. The van der Waals surface area contributed by atoms with Crippen molar-refractivity contribution in [1.82, 2.24) is 15.5 Å². The second-order valence-corrected chi connectivity index (χ2v) is 9.46. The maximum Gasteiger partial charge on any atom is 0.243 e. The largest absolute Gasteiger partial charge is 0.346 e. The molecule has 0 saturated heterocycles. The van der Waals surface area contributed by atoms with Gasteiger partial charge in [-0.15, -0.1) is 0 Å². The third kappa shape index (κ3) is 11.3. The lowest BCUT2D eigenvalue weighted by Crippen LogP contribution is -2.51. The molecule has 0 spiro atoms. The van der Waals surface area contributed by atoms with Gasteiger partial charge < -0.3 is 20.9 Å². The van der Waals surface area contributed by atoms with Gasteiger partial charge in [-0.3, -0.25) is 19.2 Å². The number of nitrogens with one attached hydrogen (secondary N) is 3. The second kappa shape index (κ2) is 15.1. The number of amides is 4. The van der Waals surface area contributed by atoms with Gasteiger partial charge in [-0.2, -0.15) is 0 Å². The highest BCUT2D eigenvalue weighted by atomic mass is 16.2. The predicted octanol–water partition coefficient (Wildman–Crippen LogP) is 3.12. The van der Waals surface area contributed by atoms with Gasteiger partial charge in [0.1, 0.15) is 6.04 Å². The lowest BCUT2D eigenvalue weighted by molar-refractivity contribution is -0.131. The van der Waals surface area contributed by atoms with Gasteiger partial charge in [-0.05, 0) is 48.8 Å². The summed E-state index contributed by atoms with van der Waals surface area (Å²) in [6.07, 6.45) is 2.73. The Hall–Kier alpha value is -2.90. The number of anilines is 1. The Labute approximate surface area is 204 Å². The van der Waals surface area contributed by atoms with Crippen LogP contribution in [0.15, 0.2) is 24.3 Å². The Morgan fingerprint density at radius 3 is 2.15 bits per heavy atom. The van der Waals surface area contributed by atoms with E-state index in [-0.39, 0.29) is 36.6 Å². The van der Waals surface area contributed by atoms with Gasteiger partial charge in [0, 0.05) is 32.1 Å². The van der Waals surface area contributed by atoms with Crippen LogP contribution in [0.2, 0.25) is 0 Å². The molecular formula is C26H42N4O4. The number of carbonyl (C=O) groups excluding carboxylic acids is 4. The molecule has 0 bridgehead atoms. The van der Waals surface area contributed by atoms with E-state index < -0.39 is 11.9 Å². The second-order valence-electron chi connectivity index (χ2n) is 9.46. The van der Waals surface area contributed by atoms with E-state index in [4.69, 9.17) is 0 Å². The third-order valence-corrected chi connectivity index (χ3v) is 5.60. The lowest BCUT2D eigenvalue weighted by Gasteiger charge is -2.22. The first kappa shape index (κ1) is 29.1. The van der Waals surface area contributed by atoms with Gasteiger partial charge in [-0.25, -0.2) is 0 Å². The van der Waals surface area contributed by atoms with Gasteiger partial charge in [0.05, 0.1) is 6.54 Å². The van der Waals surface area contributed by atoms with E-state index in [2.05, 4.69) is 36.7 Å². The van der Waals surface area contributed by atoms with Gasteiger partial charge >= 0.3 is 0 Å². The maximum atomic E-state index is 12.6. The van der Waals surface area contributed by atoms with Crippen molar-refractivity contribution in [2.75, 3.05) is 25.5 Å². The zero-order valence-electron chi connectivity index (χ0n) is 21.6. The molecule has 4 amide bonds. The summed E-state index contributed by atoms with van der Waals surface area (Å²) < 4.78 is 0. The topological polar surface area (TPSA) is 108 Å². The van der Waals surface area contributed by atoms with Crippen LogP contribution in [-0.2, 0) is 25.6 Å². The molecule has 0 aliphatic rings. The van der Waals surface area contributed by atoms with Crippen molar-refractivity contribution < 1.29 is 19.2 Å². The zero-order valence-corrected chi connectivity index (χ0v) is 21.6. The molecule has 190 valence electrons. The van der Waals surface area contributed by atoms with Crippen molar-refractivity contribution in [3.05, 3.63) is 29.8 Å². The van der Waals surface area contributed by atoms with Crippen LogP contribution in [0, 0.1) is 11.8 Å². The SMILES string of the molecule is CCc1ccc(NC(=O)CNC(=O)C(NC(=O)CCCC(=O)N(C)CCC(C)C)C(C)C)cc1. The fourth-order valence-electron chi connectivity index (χ4n) is 3.25. The molecular weight excluding hydrogens is 432 g/mol. The highest BCUT2D eigenvalue weighted by Gasteiger charge is 2.24. The minimum Gasteiger partial charge on any atom is -0.346 e. The molecule has 0 fully saturated rings. The van der Waals surface area contributed by atoms with E-state index in [0.717, 1.165) is 12.8 Å². The highest BCUT2D eigenvalue weighted by Crippen LogP contribution is 2.10. The zero-order chi connectivity index (χ0) is 25.7. The Balaban J connectivity index is 2.43. The Kier molecular flexibility index (Phi) is 12.9. The molecule has 1 unspecified atom stereocenters. The molecule has 0 saturated carbocycles. The van der Waals surface area contributed by atoms with E-state index in [9.17, 15) is 19.2 Å². The Bertz CT molecular complexity index is 806. The van der Waals surface area contributed by atoms with Crippen molar-refractivity contribution in [1.29, 1.82) is 0 Å². The molecule has 8 heteroatoms. The maximum absolute atomic E-state index is 12.6. The average Bonchev–Trinajstić information content (AvgIpc) is 2.79. The summed E-state index contributed by atoms with van der Waals surface area (Å²) in [6, 6.07) is 6.77. The Morgan fingerprint density at radius 1 is 0.941 bits per heavy atom. The van der Waals surface area contributed by atoms with E-state index in [1.54, 1.807) is 11.9 Å². The number of hydrogen-bond donors (Lipinski definition) is 3. The Morgan fingerprint density at radius 2 is 1.59 bits per heavy atom. The van der Waals surface area contributed by atoms with Gasteiger partial charge in [-0.1, -0.05) is 46.8 Å². The molecule has 0 heterocycles. The van der Waals surface area contributed by atoms with Gasteiger partial charge in [0.15, 0.2) is 0 Å². The summed E-state index contributed by atoms with van der Waals surface area (Å²) in [4.78, 5) is 51.0. The predicted molar refractivity (Wildman–Crippen MR) is 135 cm³/mol. The van der Waals surface area contributed by atoms with Crippen molar-refractivity contribution in [2.24, 2.45) is 11.8 Å². The first-order chi connectivity index (χ1) is 16.0. The van der Waals surface area contributed by atoms with Crippen LogP contribution >= 0.6 is 0 Å². The van der Waals surface area contributed by atoms with E-state index >= 15 is 0 Å². The standard InChI is InChI=1S/C26H42N4O4/c1-7-20-11-13-21(14-12-20)28-23(32)17-27-26(34)25(19(4)5)29-22(31)9-8-10-24(33)30(6)16-15-18(2)3/h11-14,18-19,25H,7-10,15-17H2,1-6H3,(H,27,34)(H,28,32)(H,29,31). The molecule has 1 aromatic rings. The van der Waals surface area contributed by atoms with Crippen molar-refractivity contribution in [3.8, 4) is 0 Å². The summed E-state index contributed by atoms with van der Waals surface area (Å²) in [5.41, 5.74) is 1.83. The molecule has 0 aliphatic heterocycles. The number of hydrogen-bond acceptors (Lipinski definition) is 4. The van der Waals surface area contributed by atoms with Crippen LogP contribution in [0.1, 0.15) is 65.9 Å². The number of aryl methyl sites for hydroxylation is 1. The number of rotatable bonds is 14. The minimum absolute atomic E-state index is 0.0157. The fourth-order valence-corrected chi connectivity index (χ4v) is 3.25. The van der Waals surface area contributed by atoms with Crippen molar-refractivity contribution in [3.63, 3.8) is 0 Å². The summed E-state index contributed by atoms with van der Waals surface area (Å²) in [7, 11) is 1.78. The summed E-state index contributed by atoms with van der Waals surface area (Å²) >= 11 is 0. The normalized spacial score (nSPS) is 11.8. The first-order valence-corrected chi connectivity index (χ1v) is 12.2. The van der Waals surface area contributed by atoms with Crippen LogP contribution in [-0.4, -0.2) is 54.7 Å². The van der Waals surface area contributed by atoms with E-state index in [0.29, 0.717) is 31.0 Å². The quantitative estimate of drug-likeness (QED) is 0.385. The molecule has 3 N–H and O–H groups in total. The van der Waals surface area contributed by atoms with Crippen LogP contribution in [0.5, 0.6) is 0 Å². The lowest BCUT2D eigenvalue weighted by atomic mass is 10.0. The van der Waals surface area contributed by atoms with Crippen molar-refractivity contribution >= 4 is 29.3 Å². The summed E-state index contributed by atoms with van der Waals surface area (Å²) in [6.45, 7) is 10.4. The third-order valence-electron chi connectivity index (χ3n) is 5.60. The molecule has 34 heavy (non-hydrogen) atoms. The van der Waals surface area contributed by atoms with Gasteiger partial charge in [0.25, 0.3) is 0 Å². The highest BCUT2D eigenvalue weighted by molar-refractivity contribution is 5.96. The number of carbonyl (C=O) groups is 4. The summed E-state index contributed by atoms with van der Waals surface area (Å²) in [5, 5.41) is 8.08. The first-order valence-electron chi connectivity index (χ1n) is 12.2. The van der Waals surface area contributed by atoms with Crippen molar-refractivity contribution in [2.45, 2.75) is 72.8 Å². The molecule has 0 aromatic heterocycles. The van der Waals surface area contributed by atoms with Crippen LogP contribution < -0.4 is 16.0 Å². The number of benzene rings is 1. The monoisotopic (exact) mass is 474 g/mol. The minimum atomic E-state index is -0.756. The van der Waals surface area contributed by atoms with Crippen LogP contribution in [0.4, 0.5) is 5.69 Å². The molecule has 1 rings (SSSR count). The molecule has 1 aromatic carbocycles. The van der Waals surface area contributed by atoms with Crippen LogP contribution in [0.25, 0.3) is 0 Å². The summed E-state index contributed by atoms with van der Waals surface area (Å²) in [5.74, 6) is -0.652. The van der Waals surface area contributed by atoms with E-state index in [1.165, 1.54) is 5.56 Å². The van der Waals surface area contributed by atoms with Gasteiger partial charge in [0.2, 0.25) is 23.6 Å². The molecule has 0 radical (unpaired) electrons.